The van der Waals surface area contributed by atoms with Crippen LogP contribution in [0, 0.1) is 0 Å². The Balaban J connectivity index is 3.02. The molecule has 0 unspecified atom stereocenters. The molecule has 0 aliphatic rings. The third-order valence-corrected chi connectivity index (χ3v) is 2.62. The highest BCUT2D eigenvalue weighted by atomic mass is 32.1. The Morgan fingerprint density at radius 1 is 1.33 bits per heavy atom. The standard InChI is InChI=1S/C10H15N3O4S/c1-4-16-7-6(9(14)17-5-2)8(18-13-7)12-10(15)11-3/h4-5H2,1-3H3,(H2,11,12,15). The fraction of sp³-hybridized carbons (Fsp3) is 0.500. The van der Waals surface area contributed by atoms with Crippen molar-refractivity contribution in [3.63, 3.8) is 0 Å². The maximum atomic E-state index is 11.8. The zero-order chi connectivity index (χ0) is 13.5. The molecule has 1 aromatic rings. The van der Waals surface area contributed by atoms with Crippen LogP contribution in [0.3, 0.4) is 0 Å². The van der Waals surface area contributed by atoms with Crippen molar-refractivity contribution in [3.05, 3.63) is 5.56 Å². The minimum Gasteiger partial charge on any atom is -0.477 e. The zero-order valence-electron chi connectivity index (χ0n) is 10.4. The predicted octanol–water partition coefficient (Wildman–Crippen LogP) is 1.47. The number of carbonyl (C=O) groups is 2. The van der Waals surface area contributed by atoms with Crippen LogP contribution in [0.2, 0.25) is 0 Å². The molecule has 0 saturated heterocycles. The molecule has 7 nitrogen and oxygen atoms in total. The fourth-order valence-corrected chi connectivity index (χ4v) is 1.86. The van der Waals surface area contributed by atoms with Crippen molar-refractivity contribution in [2.75, 3.05) is 25.6 Å². The van der Waals surface area contributed by atoms with Gasteiger partial charge in [0.1, 0.15) is 5.00 Å². The number of carbonyl (C=O) groups excluding carboxylic acids is 2. The minimum atomic E-state index is -0.568. The van der Waals surface area contributed by atoms with Crippen molar-refractivity contribution in [2.45, 2.75) is 13.8 Å². The van der Waals surface area contributed by atoms with E-state index in [2.05, 4.69) is 15.0 Å². The number of rotatable bonds is 5. The van der Waals surface area contributed by atoms with Crippen LogP contribution in [-0.2, 0) is 4.74 Å². The molecule has 1 aromatic heterocycles. The molecular formula is C10H15N3O4S. The number of nitrogens with zero attached hydrogens (tertiary/aromatic N) is 1. The molecule has 0 aliphatic heterocycles. The molecule has 2 N–H and O–H groups in total. The van der Waals surface area contributed by atoms with Crippen LogP contribution in [0.1, 0.15) is 24.2 Å². The first kappa shape index (κ1) is 14.2. The summed E-state index contributed by atoms with van der Waals surface area (Å²) in [6, 6.07) is -0.438. The Kier molecular flexibility index (Phi) is 5.37. The molecular weight excluding hydrogens is 258 g/mol. The maximum absolute atomic E-state index is 11.8. The molecule has 18 heavy (non-hydrogen) atoms. The third kappa shape index (κ3) is 3.33. The van der Waals surface area contributed by atoms with Gasteiger partial charge in [0.15, 0.2) is 5.56 Å². The molecule has 0 radical (unpaired) electrons. The Hall–Kier alpha value is -1.83. The first-order chi connectivity index (χ1) is 8.63. The van der Waals surface area contributed by atoms with Gasteiger partial charge in [-0.05, 0) is 25.4 Å². The number of anilines is 1. The van der Waals surface area contributed by atoms with Gasteiger partial charge in [-0.3, -0.25) is 5.32 Å². The SMILES string of the molecule is CCOC(=O)c1c(OCC)nsc1NC(=O)NC. The Bertz CT molecular complexity index is 433. The number of aromatic nitrogens is 1. The molecule has 8 heteroatoms. The second-order valence-corrected chi connectivity index (χ2v) is 3.82. The fourth-order valence-electron chi connectivity index (χ4n) is 1.14. The molecule has 1 heterocycles. The highest BCUT2D eigenvalue weighted by molar-refractivity contribution is 7.11. The van der Waals surface area contributed by atoms with Gasteiger partial charge in [0.2, 0.25) is 5.88 Å². The highest BCUT2D eigenvalue weighted by Crippen LogP contribution is 2.31. The van der Waals surface area contributed by atoms with E-state index in [0.717, 1.165) is 11.5 Å². The molecule has 2 amide bonds. The summed E-state index contributed by atoms with van der Waals surface area (Å²) < 4.78 is 14.1. The quantitative estimate of drug-likeness (QED) is 0.793. The van der Waals surface area contributed by atoms with Crippen molar-refractivity contribution < 1.29 is 19.1 Å². The summed E-state index contributed by atoms with van der Waals surface area (Å²) >= 11 is 0.966. The van der Waals surface area contributed by atoms with E-state index < -0.39 is 12.0 Å². The van der Waals surface area contributed by atoms with Gasteiger partial charge in [-0.1, -0.05) is 0 Å². The third-order valence-electron chi connectivity index (χ3n) is 1.88. The van der Waals surface area contributed by atoms with Crippen LogP contribution >= 0.6 is 11.5 Å². The lowest BCUT2D eigenvalue weighted by Crippen LogP contribution is -2.25. The summed E-state index contributed by atoms with van der Waals surface area (Å²) in [5.74, 6) is -0.395. The lowest BCUT2D eigenvalue weighted by molar-refractivity contribution is 0.0523. The van der Waals surface area contributed by atoms with E-state index in [0.29, 0.717) is 11.6 Å². The molecule has 1 rings (SSSR count). The average molecular weight is 273 g/mol. The number of urea groups is 1. The first-order valence-electron chi connectivity index (χ1n) is 5.42. The molecule has 0 aromatic carbocycles. The van der Waals surface area contributed by atoms with E-state index in [1.165, 1.54) is 7.05 Å². The van der Waals surface area contributed by atoms with Crippen molar-refractivity contribution in [2.24, 2.45) is 0 Å². The summed E-state index contributed by atoms with van der Waals surface area (Å²) in [5.41, 5.74) is 0.146. The molecule has 0 fully saturated rings. The number of amides is 2. The first-order valence-corrected chi connectivity index (χ1v) is 6.19. The van der Waals surface area contributed by atoms with Gasteiger partial charge >= 0.3 is 12.0 Å². The van der Waals surface area contributed by atoms with Gasteiger partial charge in [-0.2, -0.15) is 4.37 Å². The summed E-state index contributed by atoms with van der Waals surface area (Å²) in [7, 11) is 1.48. The van der Waals surface area contributed by atoms with Crippen LogP contribution in [0.15, 0.2) is 0 Å². The normalized spacial score (nSPS) is 9.72. The van der Waals surface area contributed by atoms with E-state index in [9.17, 15) is 9.59 Å². The Morgan fingerprint density at radius 3 is 2.61 bits per heavy atom. The summed E-state index contributed by atoms with van der Waals surface area (Å²) in [6.07, 6.45) is 0. The van der Waals surface area contributed by atoms with E-state index in [4.69, 9.17) is 9.47 Å². The second kappa shape index (κ2) is 6.80. The van der Waals surface area contributed by atoms with Gasteiger partial charge in [-0.25, -0.2) is 9.59 Å². The largest absolute Gasteiger partial charge is 0.477 e. The van der Waals surface area contributed by atoms with E-state index in [1.807, 2.05) is 0 Å². The van der Waals surface area contributed by atoms with Gasteiger partial charge in [-0.15, -0.1) is 0 Å². The lowest BCUT2D eigenvalue weighted by atomic mass is 10.3. The Labute approximate surface area is 109 Å². The zero-order valence-corrected chi connectivity index (χ0v) is 11.2. The molecule has 0 bridgehead atoms. The van der Waals surface area contributed by atoms with Crippen LogP contribution in [0.25, 0.3) is 0 Å². The number of nitrogens with one attached hydrogen (secondary N) is 2. The van der Waals surface area contributed by atoms with Gasteiger partial charge < -0.3 is 14.8 Å². The molecule has 0 atom stereocenters. The van der Waals surface area contributed by atoms with E-state index >= 15 is 0 Å². The summed E-state index contributed by atoms with van der Waals surface area (Å²) in [5, 5.41) is 5.19. The number of ether oxygens (including phenoxy) is 2. The number of hydrogen-bond donors (Lipinski definition) is 2. The van der Waals surface area contributed by atoms with Gasteiger partial charge in [0.05, 0.1) is 13.2 Å². The van der Waals surface area contributed by atoms with Crippen molar-refractivity contribution in [1.82, 2.24) is 9.69 Å². The van der Waals surface area contributed by atoms with Gasteiger partial charge in [0.25, 0.3) is 0 Å². The lowest BCUT2D eigenvalue weighted by Gasteiger charge is -2.06. The van der Waals surface area contributed by atoms with Gasteiger partial charge in [0, 0.05) is 7.05 Å². The maximum Gasteiger partial charge on any atom is 0.346 e. The summed E-state index contributed by atoms with van der Waals surface area (Å²) in [4.78, 5) is 23.0. The molecule has 0 spiro atoms. The van der Waals surface area contributed by atoms with Crippen LogP contribution in [0.4, 0.5) is 9.80 Å². The minimum absolute atomic E-state index is 0.146. The van der Waals surface area contributed by atoms with Crippen molar-refractivity contribution >= 4 is 28.5 Å². The predicted molar refractivity (Wildman–Crippen MR) is 67.3 cm³/mol. The van der Waals surface area contributed by atoms with Crippen LogP contribution in [-0.4, -0.2) is 36.6 Å². The monoisotopic (exact) mass is 273 g/mol. The number of hydrogen-bond acceptors (Lipinski definition) is 6. The molecule has 100 valence electrons. The Morgan fingerprint density at radius 2 is 2.06 bits per heavy atom. The summed E-state index contributed by atoms with van der Waals surface area (Å²) in [6.45, 7) is 4.08. The number of esters is 1. The highest BCUT2D eigenvalue weighted by Gasteiger charge is 2.24. The smallest absolute Gasteiger partial charge is 0.346 e. The molecule has 0 saturated carbocycles. The van der Waals surface area contributed by atoms with Crippen molar-refractivity contribution in [1.29, 1.82) is 0 Å². The van der Waals surface area contributed by atoms with E-state index in [1.54, 1.807) is 13.8 Å². The average Bonchev–Trinajstić information content (AvgIpc) is 2.72. The van der Waals surface area contributed by atoms with Crippen LogP contribution < -0.4 is 15.4 Å². The topological polar surface area (TPSA) is 89.6 Å². The van der Waals surface area contributed by atoms with Crippen molar-refractivity contribution in [3.8, 4) is 5.88 Å². The van der Waals surface area contributed by atoms with E-state index in [-0.39, 0.29) is 18.1 Å². The van der Waals surface area contributed by atoms with Crippen LogP contribution in [0.5, 0.6) is 5.88 Å². The second-order valence-electron chi connectivity index (χ2n) is 3.05. The molecule has 0 aliphatic carbocycles.